The molecular formula is C17H27NO2. The molecule has 0 radical (unpaired) electrons. The molecule has 20 heavy (non-hydrogen) atoms. The lowest BCUT2D eigenvalue weighted by molar-refractivity contribution is -0.0350. The lowest BCUT2D eigenvalue weighted by Crippen LogP contribution is -2.42. The molecule has 0 aromatic heterocycles. The summed E-state index contributed by atoms with van der Waals surface area (Å²) in [5.74, 6) is 0.957. The third-order valence-corrected chi connectivity index (χ3v) is 4.77. The molecule has 0 aliphatic heterocycles. The van der Waals surface area contributed by atoms with Crippen molar-refractivity contribution in [2.45, 2.75) is 51.2 Å². The van der Waals surface area contributed by atoms with Crippen LogP contribution in [0, 0.1) is 13.8 Å². The van der Waals surface area contributed by atoms with E-state index < -0.39 is 0 Å². The average molecular weight is 277 g/mol. The number of nitrogens with one attached hydrogen (secondary N) is 1. The molecule has 0 heterocycles. The zero-order valence-corrected chi connectivity index (χ0v) is 13.4. The molecule has 2 rings (SSSR count). The Morgan fingerprint density at radius 2 is 1.75 bits per heavy atom. The fraction of sp³-hybridized carbons (Fsp3) is 0.647. The molecular weight excluding hydrogens is 250 g/mol. The predicted octanol–water partition coefficient (Wildman–Crippen LogP) is 3.53. The Morgan fingerprint density at radius 1 is 1.10 bits per heavy atom. The second-order valence-corrected chi connectivity index (χ2v) is 5.88. The minimum Gasteiger partial charge on any atom is -0.496 e. The molecule has 3 nitrogen and oxygen atoms in total. The van der Waals surface area contributed by atoms with Crippen molar-refractivity contribution in [1.82, 2.24) is 5.32 Å². The Hall–Kier alpha value is -1.06. The maximum atomic E-state index is 5.96. The monoisotopic (exact) mass is 277 g/mol. The van der Waals surface area contributed by atoms with Crippen molar-refractivity contribution in [3.63, 3.8) is 0 Å². The van der Waals surface area contributed by atoms with E-state index >= 15 is 0 Å². The summed E-state index contributed by atoms with van der Waals surface area (Å²) in [6, 6.07) is 4.61. The SMILES string of the molecule is CNC(c1cc(C)c(OC)cc1C)C1(OC)CCCC1. The molecule has 1 N–H and O–H groups in total. The van der Waals surface area contributed by atoms with Crippen molar-refractivity contribution >= 4 is 0 Å². The highest BCUT2D eigenvalue weighted by molar-refractivity contribution is 5.43. The lowest BCUT2D eigenvalue weighted by Gasteiger charge is -2.37. The molecule has 1 fully saturated rings. The van der Waals surface area contributed by atoms with Gasteiger partial charge in [-0.3, -0.25) is 0 Å². The first-order valence-corrected chi connectivity index (χ1v) is 7.45. The molecule has 0 amide bonds. The largest absolute Gasteiger partial charge is 0.496 e. The number of methoxy groups -OCH3 is 2. The van der Waals surface area contributed by atoms with Crippen LogP contribution in [-0.4, -0.2) is 26.9 Å². The highest BCUT2D eigenvalue weighted by Crippen LogP contribution is 2.43. The number of hydrogen-bond donors (Lipinski definition) is 1. The van der Waals surface area contributed by atoms with Gasteiger partial charge in [0.2, 0.25) is 0 Å². The van der Waals surface area contributed by atoms with Crippen molar-refractivity contribution in [2.24, 2.45) is 0 Å². The molecule has 1 unspecified atom stereocenters. The molecule has 112 valence electrons. The van der Waals surface area contributed by atoms with E-state index in [0.717, 1.165) is 18.6 Å². The number of aryl methyl sites for hydroxylation is 2. The van der Waals surface area contributed by atoms with E-state index in [1.165, 1.54) is 29.5 Å². The topological polar surface area (TPSA) is 30.5 Å². The third-order valence-electron chi connectivity index (χ3n) is 4.77. The van der Waals surface area contributed by atoms with Gasteiger partial charge in [0, 0.05) is 7.11 Å². The van der Waals surface area contributed by atoms with Crippen molar-refractivity contribution in [2.75, 3.05) is 21.3 Å². The van der Waals surface area contributed by atoms with Gasteiger partial charge in [0.25, 0.3) is 0 Å². The summed E-state index contributed by atoms with van der Waals surface area (Å²) in [7, 11) is 5.61. The van der Waals surface area contributed by atoms with Crippen LogP contribution in [0.2, 0.25) is 0 Å². The summed E-state index contributed by atoms with van der Waals surface area (Å²) in [6.45, 7) is 4.25. The summed E-state index contributed by atoms with van der Waals surface area (Å²) in [5.41, 5.74) is 3.70. The standard InChI is InChI=1S/C17H27NO2/c1-12-11-15(19-4)13(2)10-14(12)16(18-3)17(20-5)8-6-7-9-17/h10-11,16,18H,6-9H2,1-5H3. The number of hydrogen-bond acceptors (Lipinski definition) is 3. The Kier molecular flexibility index (Phi) is 4.71. The summed E-state index contributed by atoms with van der Waals surface area (Å²) >= 11 is 0. The minimum absolute atomic E-state index is 0.0689. The minimum atomic E-state index is -0.0689. The van der Waals surface area contributed by atoms with Gasteiger partial charge in [-0.25, -0.2) is 0 Å². The molecule has 0 saturated heterocycles. The highest BCUT2D eigenvalue weighted by atomic mass is 16.5. The summed E-state index contributed by atoms with van der Waals surface area (Å²) < 4.78 is 11.4. The molecule has 1 saturated carbocycles. The van der Waals surface area contributed by atoms with E-state index in [2.05, 4.69) is 31.3 Å². The second-order valence-electron chi connectivity index (χ2n) is 5.88. The smallest absolute Gasteiger partial charge is 0.122 e. The summed E-state index contributed by atoms with van der Waals surface area (Å²) in [5, 5.41) is 3.49. The predicted molar refractivity (Wildman–Crippen MR) is 82.5 cm³/mol. The molecule has 0 spiro atoms. The van der Waals surface area contributed by atoms with E-state index in [1.807, 2.05) is 14.2 Å². The normalized spacial score (nSPS) is 19.1. The fourth-order valence-electron chi connectivity index (χ4n) is 3.63. The van der Waals surface area contributed by atoms with Crippen molar-refractivity contribution in [3.05, 3.63) is 28.8 Å². The van der Waals surface area contributed by atoms with Crippen LogP contribution in [0.5, 0.6) is 5.75 Å². The molecule has 0 bridgehead atoms. The molecule has 1 aliphatic carbocycles. The summed E-state index contributed by atoms with van der Waals surface area (Å²) in [4.78, 5) is 0. The van der Waals surface area contributed by atoms with E-state index in [-0.39, 0.29) is 11.6 Å². The van der Waals surface area contributed by atoms with Crippen molar-refractivity contribution in [1.29, 1.82) is 0 Å². The zero-order valence-electron chi connectivity index (χ0n) is 13.4. The first-order chi connectivity index (χ1) is 9.57. The van der Waals surface area contributed by atoms with Gasteiger partial charge < -0.3 is 14.8 Å². The van der Waals surface area contributed by atoms with Gasteiger partial charge in [-0.1, -0.05) is 18.9 Å². The number of ether oxygens (including phenoxy) is 2. The van der Waals surface area contributed by atoms with Crippen LogP contribution in [0.25, 0.3) is 0 Å². The Morgan fingerprint density at radius 3 is 2.25 bits per heavy atom. The van der Waals surface area contributed by atoms with Gasteiger partial charge in [-0.15, -0.1) is 0 Å². The van der Waals surface area contributed by atoms with Gasteiger partial charge in [-0.05, 0) is 56.5 Å². The second kappa shape index (κ2) is 6.15. The van der Waals surface area contributed by atoms with Crippen LogP contribution in [0.15, 0.2) is 12.1 Å². The third kappa shape index (κ3) is 2.57. The number of benzene rings is 1. The molecule has 1 atom stereocenters. The van der Waals surface area contributed by atoms with Crippen LogP contribution < -0.4 is 10.1 Å². The Bertz CT molecular complexity index is 464. The Balaban J connectivity index is 2.44. The van der Waals surface area contributed by atoms with Crippen LogP contribution in [-0.2, 0) is 4.74 Å². The Labute approximate surface area is 122 Å². The maximum Gasteiger partial charge on any atom is 0.122 e. The van der Waals surface area contributed by atoms with E-state index in [4.69, 9.17) is 9.47 Å². The number of rotatable bonds is 5. The van der Waals surface area contributed by atoms with Crippen molar-refractivity contribution < 1.29 is 9.47 Å². The molecule has 3 heteroatoms. The molecule has 1 aromatic carbocycles. The van der Waals surface area contributed by atoms with Crippen LogP contribution in [0.1, 0.15) is 48.4 Å². The van der Waals surface area contributed by atoms with Gasteiger partial charge in [0.15, 0.2) is 0 Å². The number of likely N-dealkylation sites (N-methyl/N-ethyl adjacent to an activating group) is 1. The average Bonchev–Trinajstić information content (AvgIpc) is 2.93. The zero-order chi connectivity index (χ0) is 14.8. The van der Waals surface area contributed by atoms with E-state index in [9.17, 15) is 0 Å². The van der Waals surface area contributed by atoms with Gasteiger partial charge in [0.05, 0.1) is 18.8 Å². The summed E-state index contributed by atoms with van der Waals surface area (Å²) in [6.07, 6.45) is 4.75. The highest BCUT2D eigenvalue weighted by Gasteiger charge is 2.42. The quantitative estimate of drug-likeness (QED) is 0.893. The first kappa shape index (κ1) is 15.3. The van der Waals surface area contributed by atoms with Gasteiger partial charge >= 0.3 is 0 Å². The molecule has 1 aromatic rings. The van der Waals surface area contributed by atoms with Gasteiger partial charge in [-0.2, -0.15) is 0 Å². The van der Waals surface area contributed by atoms with E-state index in [1.54, 1.807) is 7.11 Å². The van der Waals surface area contributed by atoms with E-state index in [0.29, 0.717) is 0 Å². The molecule has 1 aliphatic rings. The maximum absolute atomic E-state index is 5.96. The van der Waals surface area contributed by atoms with Crippen LogP contribution in [0.4, 0.5) is 0 Å². The fourth-order valence-corrected chi connectivity index (χ4v) is 3.63. The van der Waals surface area contributed by atoms with Gasteiger partial charge in [0.1, 0.15) is 5.75 Å². The first-order valence-electron chi connectivity index (χ1n) is 7.45. The van der Waals surface area contributed by atoms with Crippen molar-refractivity contribution in [3.8, 4) is 5.75 Å². The lowest BCUT2D eigenvalue weighted by atomic mass is 9.84. The van der Waals surface area contributed by atoms with Crippen LogP contribution >= 0.6 is 0 Å². The van der Waals surface area contributed by atoms with Crippen LogP contribution in [0.3, 0.4) is 0 Å².